The van der Waals surface area contributed by atoms with Crippen LogP contribution in [0.2, 0.25) is 0 Å². The second kappa shape index (κ2) is 11.6. The number of nitro groups is 1. The standard InChI is InChI=1S/C21H25N3O8S/c25-21(9-10-22-19-3-1-2-4-20(19)24(26)27)32-16-15-31-17-5-7-18(8-6-17)33(28,29)23-11-13-30-14-12-23/h1-8,22H,9-16H2. The molecule has 0 atom stereocenters. The van der Waals surface area contributed by atoms with Gasteiger partial charge in [0.2, 0.25) is 10.0 Å². The molecule has 3 rings (SSSR count). The summed E-state index contributed by atoms with van der Waals surface area (Å²) in [6.07, 6.45) is 0.0279. The lowest BCUT2D eigenvalue weighted by atomic mass is 10.2. The minimum atomic E-state index is -3.57. The van der Waals surface area contributed by atoms with Gasteiger partial charge in [-0.3, -0.25) is 14.9 Å². The molecule has 0 radical (unpaired) electrons. The number of ether oxygens (including phenoxy) is 3. The molecule has 33 heavy (non-hydrogen) atoms. The third kappa shape index (κ3) is 6.88. The number of nitrogens with one attached hydrogen (secondary N) is 1. The number of esters is 1. The van der Waals surface area contributed by atoms with Crippen molar-refractivity contribution in [2.45, 2.75) is 11.3 Å². The van der Waals surface area contributed by atoms with Crippen molar-refractivity contribution >= 4 is 27.4 Å². The van der Waals surface area contributed by atoms with E-state index in [-0.39, 0.29) is 36.8 Å². The number of morpholine rings is 1. The highest BCUT2D eigenvalue weighted by Gasteiger charge is 2.26. The Morgan fingerprint density at radius 2 is 1.79 bits per heavy atom. The number of nitro benzene ring substituents is 1. The molecule has 0 aromatic heterocycles. The van der Waals surface area contributed by atoms with Gasteiger partial charge in [-0.05, 0) is 30.3 Å². The number of hydrogen-bond acceptors (Lipinski definition) is 9. The summed E-state index contributed by atoms with van der Waals surface area (Å²) in [5, 5.41) is 13.8. The maximum Gasteiger partial charge on any atom is 0.307 e. The molecular weight excluding hydrogens is 454 g/mol. The first-order valence-electron chi connectivity index (χ1n) is 10.3. The molecular formula is C21H25N3O8S. The van der Waals surface area contributed by atoms with Gasteiger partial charge in [0.05, 0.1) is 29.5 Å². The van der Waals surface area contributed by atoms with Crippen LogP contribution in [0.1, 0.15) is 6.42 Å². The smallest absolute Gasteiger partial charge is 0.307 e. The van der Waals surface area contributed by atoms with Gasteiger partial charge in [-0.25, -0.2) is 8.42 Å². The Hall–Kier alpha value is -3.22. The minimum Gasteiger partial charge on any atom is -0.490 e. The summed E-state index contributed by atoms with van der Waals surface area (Å²) in [6, 6.07) is 12.2. The lowest BCUT2D eigenvalue weighted by molar-refractivity contribution is -0.384. The largest absolute Gasteiger partial charge is 0.490 e. The van der Waals surface area contributed by atoms with Crippen LogP contribution in [0.4, 0.5) is 11.4 Å². The van der Waals surface area contributed by atoms with Crippen molar-refractivity contribution in [1.29, 1.82) is 0 Å². The van der Waals surface area contributed by atoms with E-state index in [0.29, 0.717) is 37.7 Å². The molecule has 1 aliphatic rings. The summed E-state index contributed by atoms with van der Waals surface area (Å²) in [4.78, 5) is 22.5. The monoisotopic (exact) mass is 479 g/mol. The zero-order valence-corrected chi connectivity index (χ0v) is 18.7. The third-order valence-corrected chi connectivity index (χ3v) is 6.70. The van der Waals surface area contributed by atoms with Gasteiger partial charge in [-0.1, -0.05) is 12.1 Å². The molecule has 1 fully saturated rings. The highest BCUT2D eigenvalue weighted by atomic mass is 32.2. The average molecular weight is 480 g/mol. The molecule has 1 N–H and O–H groups in total. The number of carbonyl (C=O) groups excluding carboxylic acids is 1. The molecule has 1 heterocycles. The summed E-state index contributed by atoms with van der Waals surface area (Å²) >= 11 is 0. The molecule has 178 valence electrons. The first kappa shape index (κ1) is 24.4. The van der Waals surface area contributed by atoms with Gasteiger partial charge in [-0.15, -0.1) is 0 Å². The third-order valence-electron chi connectivity index (χ3n) is 4.79. The molecule has 0 amide bonds. The van der Waals surface area contributed by atoms with Gasteiger partial charge in [0.25, 0.3) is 5.69 Å². The molecule has 11 nitrogen and oxygen atoms in total. The molecule has 2 aromatic carbocycles. The van der Waals surface area contributed by atoms with E-state index in [0.717, 1.165) is 0 Å². The van der Waals surface area contributed by atoms with E-state index < -0.39 is 20.9 Å². The van der Waals surface area contributed by atoms with E-state index in [1.54, 1.807) is 30.3 Å². The van der Waals surface area contributed by atoms with Crippen LogP contribution in [0.25, 0.3) is 0 Å². The maximum atomic E-state index is 12.6. The lowest BCUT2D eigenvalue weighted by Gasteiger charge is -2.26. The Labute approximate surface area is 191 Å². The second-order valence-corrected chi connectivity index (χ2v) is 8.95. The summed E-state index contributed by atoms with van der Waals surface area (Å²) in [7, 11) is -3.57. The van der Waals surface area contributed by atoms with Gasteiger partial charge in [-0.2, -0.15) is 4.31 Å². The summed E-state index contributed by atoms with van der Waals surface area (Å²) in [5.74, 6) is -0.0262. The number of hydrogen-bond donors (Lipinski definition) is 1. The van der Waals surface area contributed by atoms with Crippen LogP contribution in [-0.4, -0.2) is 69.7 Å². The van der Waals surface area contributed by atoms with Gasteiger partial charge >= 0.3 is 5.97 Å². The number of para-hydroxylation sites is 2. The van der Waals surface area contributed by atoms with Crippen molar-refractivity contribution in [3.8, 4) is 5.75 Å². The Morgan fingerprint density at radius 3 is 2.48 bits per heavy atom. The quantitative estimate of drug-likeness (QED) is 0.222. The fourth-order valence-electron chi connectivity index (χ4n) is 3.11. The second-order valence-electron chi connectivity index (χ2n) is 7.01. The van der Waals surface area contributed by atoms with E-state index >= 15 is 0 Å². The van der Waals surface area contributed by atoms with Crippen molar-refractivity contribution in [3.63, 3.8) is 0 Å². The number of sulfonamides is 1. The van der Waals surface area contributed by atoms with Crippen LogP contribution in [0.3, 0.4) is 0 Å². The predicted molar refractivity (Wildman–Crippen MR) is 119 cm³/mol. The number of nitrogens with zero attached hydrogens (tertiary/aromatic N) is 2. The highest BCUT2D eigenvalue weighted by molar-refractivity contribution is 7.89. The van der Waals surface area contributed by atoms with Crippen molar-refractivity contribution in [2.75, 3.05) is 51.4 Å². The Bertz CT molecular complexity index is 1050. The van der Waals surface area contributed by atoms with Crippen molar-refractivity contribution in [1.82, 2.24) is 4.31 Å². The van der Waals surface area contributed by atoms with E-state index in [2.05, 4.69) is 5.32 Å². The molecule has 0 saturated carbocycles. The molecule has 0 spiro atoms. The summed E-state index contributed by atoms with van der Waals surface area (Å²) in [5.41, 5.74) is 0.265. The van der Waals surface area contributed by atoms with Crippen molar-refractivity contribution in [2.24, 2.45) is 0 Å². The molecule has 0 aliphatic carbocycles. The highest BCUT2D eigenvalue weighted by Crippen LogP contribution is 2.23. The zero-order valence-electron chi connectivity index (χ0n) is 17.8. The van der Waals surface area contributed by atoms with Gasteiger partial charge in [0.15, 0.2) is 0 Å². The molecule has 12 heteroatoms. The van der Waals surface area contributed by atoms with E-state index in [9.17, 15) is 23.3 Å². The van der Waals surface area contributed by atoms with Crippen LogP contribution >= 0.6 is 0 Å². The van der Waals surface area contributed by atoms with Gasteiger partial charge in [0.1, 0.15) is 24.7 Å². The van der Waals surface area contributed by atoms with Crippen LogP contribution in [0.5, 0.6) is 5.75 Å². The van der Waals surface area contributed by atoms with Crippen molar-refractivity contribution in [3.05, 3.63) is 58.6 Å². The predicted octanol–water partition coefficient (Wildman–Crippen LogP) is 2.04. The maximum absolute atomic E-state index is 12.6. The number of anilines is 1. The first-order valence-corrected chi connectivity index (χ1v) is 11.8. The number of benzene rings is 2. The van der Waals surface area contributed by atoms with Gasteiger partial charge < -0.3 is 19.5 Å². The average Bonchev–Trinajstić information content (AvgIpc) is 2.83. The topological polar surface area (TPSA) is 137 Å². The van der Waals surface area contributed by atoms with Crippen molar-refractivity contribution < 1.29 is 32.3 Å². The van der Waals surface area contributed by atoms with Gasteiger partial charge in [0, 0.05) is 25.7 Å². The van der Waals surface area contributed by atoms with Crippen LogP contribution < -0.4 is 10.1 Å². The van der Waals surface area contributed by atoms with E-state index in [4.69, 9.17) is 14.2 Å². The minimum absolute atomic E-state index is 0.0120. The summed E-state index contributed by atoms with van der Waals surface area (Å²) < 4.78 is 42.3. The molecule has 1 saturated heterocycles. The normalized spacial score (nSPS) is 14.4. The molecule has 0 bridgehead atoms. The lowest BCUT2D eigenvalue weighted by Crippen LogP contribution is -2.40. The Morgan fingerprint density at radius 1 is 1.09 bits per heavy atom. The Balaban J connectivity index is 1.37. The molecule has 2 aromatic rings. The number of carbonyl (C=O) groups is 1. The van der Waals surface area contributed by atoms with Crippen LogP contribution in [-0.2, 0) is 24.3 Å². The van der Waals surface area contributed by atoms with Crippen LogP contribution in [0, 0.1) is 10.1 Å². The summed E-state index contributed by atoms with van der Waals surface area (Å²) in [6.45, 7) is 1.69. The zero-order chi connectivity index (χ0) is 23.7. The SMILES string of the molecule is O=C(CCNc1ccccc1[N+](=O)[O-])OCCOc1ccc(S(=O)(=O)N2CCOCC2)cc1. The molecule has 1 aliphatic heterocycles. The fourth-order valence-corrected chi connectivity index (χ4v) is 4.52. The van der Waals surface area contributed by atoms with Crippen LogP contribution in [0.15, 0.2) is 53.4 Å². The number of rotatable bonds is 11. The Kier molecular flexibility index (Phi) is 8.58. The molecule has 0 unspecified atom stereocenters. The van der Waals surface area contributed by atoms with E-state index in [1.165, 1.54) is 22.5 Å². The first-order chi connectivity index (χ1) is 15.9. The fraction of sp³-hybridized carbons (Fsp3) is 0.381. The van der Waals surface area contributed by atoms with E-state index in [1.807, 2.05) is 0 Å².